The number of carbonyl (C=O) groups is 1. The lowest BCUT2D eigenvalue weighted by Crippen LogP contribution is -2.28. The molecule has 2 rings (SSSR count). The lowest BCUT2D eigenvalue weighted by Gasteiger charge is -2.26. The van der Waals surface area contributed by atoms with E-state index in [9.17, 15) is 9.90 Å². The van der Waals surface area contributed by atoms with Crippen LogP contribution in [0.15, 0.2) is 18.2 Å². The predicted molar refractivity (Wildman–Crippen MR) is 69.0 cm³/mol. The molecule has 1 aliphatic rings. The van der Waals surface area contributed by atoms with Gasteiger partial charge in [0.15, 0.2) is 0 Å². The highest BCUT2D eigenvalue weighted by atomic mass is 35.5. The van der Waals surface area contributed by atoms with Crippen LogP contribution in [0.5, 0.6) is 0 Å². The minimum atomic E-state index is -0.922. The van der Waals surface area contributed by atoms with Gasteiger partial charge in [0.1, 0.15) is 0 Å². The van der Waals surface area contributed by atoms with E-state index < -0.39 is 5.97 Å². The summed E-state index contributed by atoms with van der Waals surface area (Å²) in [5.41, 5.74) is 0.956. The number of hydrogen-bond acceptors (Lipinski definition) is 2. The van der Waals surface area contributed by atoms with Crippen LogP contribution >= 0.6 is 11.6 Å². The highest BCUT2D eigenvalue weighted by molar-refractivity contribution is 6.34. The molecule has 1 aromatic carbocycles. The van der Waals surface area contributed by atoms with Crippen molar-refractivity contribution in [2.75, 3.05) is 11.4 Å². The van der Waals surface area contributed by atoms with Crippen LogP contribution in [0.3, 0.4) is 0 Å². The summed E-state index contributed by atoms with van der Waals surface area (Å²) in [6.07, 6.45) is 1.07. The Morgan fingerprint density at radius 2 is 2.18 bits per heavy atom. The molecule has 92 valence electrons. The first-order chi connectivity index (χ1) is 8.00. The molecular weight excluding hydrogens is 238 g/mol. The van der Waals surface area contributed by atoms with Gasteiger partial charge in [-0.15, -0.1) is 0 Å². The molecule has 0 aromatic heterocycles. The van der Waals surface area contributed by atoms with Crippen LogP contribution in [0.4, 0.5) is 5.69 Å². The Kier molecular flexibility index (Phi) is 3.29. The summed E-state index contributed by atoms with van der Waals surface area (Å²) in [6, 6.07) is 5.38. The molecule has 17 heavy (non-hydrogen) atoms. The number of hydrogen-bond donors (Lipinski definition) is 1. The fourth-order valence-electron chi connectivity index (χ4n) is 2.59. The summed E-state index contributed by atoms with van der Waals surface area (Å²) in [6.45, 7) is 5.15. The first kappa shape index (κ1) is 12.2. The van der Waals surface area contributed by atoms with E-state index in [1.54, 1.807) is 18.2 Å². The maximum atomic E-state index is 11.2. The number of carboxylic acid groups (broad SMARTS) is 1. The van der Waals surface area contributed by atoms with Crippen molar-refractivity contribution in [3.8, 4) is 0 Å². The monoisotopic (exact) mass is 253 g/mol. The molecule has 3 nitrogen and oxygen atoms in total. The van der Waals surface area contributed by atoms with Crippen molar-refractivity contribution >= 4 is 23.3 Å². The number of para-hydroxylation sites is 1. The van der Waals surface area contributed by atoms with Crippen molar-refractivity contribution in [3.63, 3.8) is 0 Å². The lowest BCUT2D eigenvalue weighted by molar-refractivity contribution is 0.0697. The van der Waals surface area contributed by atoms with Crippen molar-refractivity contribution in [2.24, 2.45) is 5.92 Å². The summed E-state index contributed by atoms with van der Waals surface area (Å²) in [5.74, 6) is -0.350. The zero-order chi connectivity index (χ0) is 12.6. The molecule has 0 radical (unpaired) electrons. The van der Waals surface area contributed by atoms with Gasteiger partial charge in [0.05, 0.1) is 16.3 Å². The van der Waals surface area contributed by atoms with Crippen LogP contribution in [-0.2, 0) is 0 Å². The molecule has 1 saturated heterocycles. The fraction of sp³-hybridized carbons (Fsp3) is 0.462. The van der Waals surface area contributed by atoms with Crippen molar-refractivity contribution in [1.29, 1.82) is 0 Å². The topological polar surface area (TPSA) is 40.5 Å². The first-order valence-corrected chi connectivity index (χ1v) is 6.17. The van der Waals surface area contributed by atoms with Gasteiger partial charge in [0.2, 0.25) is 0 Å². The van der Waals surface area contributed by atoms with Gasteiger partial charge in [0, 0.05) is 12.6 Å². The molecule has 1 N–H and O–H groups in total. The molecule has 0 amide bonds. The van der Waals surface area contributed by atoms with Crippen LogP contribution in [-0.4, -0.2) is 23.7 Å². The second-order valence-corrected chi connectivity index (χ2v) is 5.19. The summed E-state index contributed by atoms with van der Waals surface area (Å²) in [7, 11) is 0. The molecule has 4 heteroatoms. The number of aromatic carboxylic acids is 1. The Bertz CT molecular complexity index is 447. The number of anilines is 1. The zero-order valence-corrected chi connectivity index (χ0v) is 10.7. The minimum absolute atomic E-state index is 0.290. The maximum Gasteiger partial charge on any atom is 0.337 e. The number of rotatable bonds is 2. The minimum Gasteiger partial charge on any atom is -0.478 e. The highest BCUT2D eigenvalue weighted by Gasteiger charge is 2.30. The second-order valence-electron chi connectivity index (χ2n) is 4.78. The molecule has 0 aliphatic carbocycles. The van der Waals surface area contributed by atoms with E-state index >= 15 is 0 Å². The third-order valence-corrected chi connectivity index (χ3v) is 3.59. The Hall–Kier alpha value is -1.22. The average Bonchev–Trinajstić information content (AvgIpc) is 2.57. The van der Waals surface area contributed by atoms with Gasteiger partial charge >= 0.3 is 5.97 Å². The molecule has 0 bridgehead atoms. The van der Waals surface area contributed by atoms with Crippen molar-refractivity contribution in [3.05, 3.63) is 28.8 Å². The SMILES string of the molecule is CC1CC(C)N(c2c(Cl)cccc2C(=O)O)C1. The third kappa shape index (κ3) is 2.25. The quantitative estimate of drug-likeness (QED) is 0.879. The smallest absolute Gasteiger partial charge is 0.337 e. The first-order valence-electron chi connectivity index (χ1n) is 5.79. The van der Waals surface area contributed by atoms with E-state index in [1.807, 2.05) is 0 Å². The number of nitrogens with zero attached hydrogens (tertiary/aromatic N) is 1. The highest BCUT2D eigenvalue weighted by Crippen LogP contribution is 2.36. The number of carboxylic acids is 1. The molecule has 1 aromatic rings. The van der Waals surface area contributed by atoms with Crippen LogP contribution in [0.25, 0.3) is 0 Å². The Morgan fingerprint density at radius 1 is 1.47 bits per heavy atom. The van der Waals surface area contributed by atoms with E-state index in [4.69, 9.17) is 11.6 Å². The van der Waals surface area contributed by atoms with Crippen LogP contribution < -0.4 is 4.90 Å². The van der Waals surface area contributed by atoms with Gasteiger partial charge in [-0.3, -0.25) is 0 Å². The normalized spacial score (nSPS) is 24.1. The van der Waals surface area contributed by atoms with Crippen molar-refractivity contribution < 1.29 is 9.90 Å². The van der Waals surface area contributed by atoms with E-state index in [0.29, 0.717) is 28.2 Å². The van der Waals surface area contributed by atoms with Crippen LogP contribution in [0, 0.1) is 5.92 Å². The molecule has 0 spiro atoms. The van der Waals surface area contributed by atoms with Crippen molar-refractivity contribution in [2.45, 2.75) is 26.3 Å². The molecular formula is C13H16ClNO2. The predicted octanol–water partition coefficient (Wildman–Crippen LogP) is 3.27. The van der Waals surface area contributed by atoms with Crippen molar-refractivity contribution in [1.82, 2.24) is 0 Å². The maximum absolute atomic E-state index is 11.2. The second kappa shape index (κ2) is 4.57. The van der Waals surface area contributed by atoms with E-state index in [2.05, 4.69) is 18.7 Å². The molecule has 0 saturated carbocycles. The number of benzene rings is 1. The average molecular weight is 254 g/mol. The molecule has 1 heterocycles. The van der Waals surface area contributed by atoms with Crippen LogP contribution in [0.1, 0.15) is 30.6 Å². The Morgan fingerprint density at radius 3 is 2.71 bits per heavy atom. The molecule has 1 fully saturated rings. The van der Waals surface area contributed by atoms with Gasteiger partial charge in [-0.1, -0.05) is 24.6 Å². The Balaban J connectivity index is 2.47. The van der Waals surface area contributed by atoms with Gasteiger partial charge < -0.3 is 10.0 Å². The molecule has 2 unspecified atom stereocenters. The third-order valence-electron chi connectivity index (χ3n) is 3.29. The van der Waals surface area contributed by atoms with Gasteiger partial charge in [-0.25, -0.2) is 4.79 Å². The van der Waals surface area contributed by atoms with E-state index in [-0.39, 0.29) is 0 Å². The zero-order valence-electron chi connectivity index (χ0n) is 9.98. The van der Waals surface area contributed by atoms with E-state index in [1.165, 1.54) is 0 Å². The van der Waals surface area contributed by atoms with E-state index in [0.717, 1.165) is 13.0 Å². The van der Waals surface area contributed by atoms with Crippen LogP contribution in [0.2, 0.25) is 5.02 Å². The summed E-state index contributed by atoms with van der Waals surface area (Å²) >= 11 is 6.16. The lowest BCUT2D eigenvalue weighted by atomic mass is 10.1. The van der Waals surface area contributed by atoms with Gasteiger partial charge in [-0.05, 0) is 31.4 Å². The number of halogens is 1. The molecule has 1 aliphatic heterocycles. The van der Waals surface area contributed by atoms with Gasteiger partial charge in [0.25, 0.3) is 0 Å². The summed E-state index contributed by atoms with van der Waals surface area (Å²) in [5, 5.41) is 9.74. The van der Waals surface area contributed by atoms with Gasteiger partial charge in [-0.2, -0.15) is 0 Å². The molecule has 2 atom stereocenters. The fourth-order valence-corrected chi connectivity index (χ4v) is 2.87. The summed E-state index contributed by atoms with van der Waals surface area (Å²) < 4.78 is 0. The largest absolute Gasteiger partial charge is 0.478 e. The standard InChI is InChI=1S/C13H16ClNO2/c1-8-6-9(2)15(7-8)12-10(13(16)17)4-3-5-11(12)14/h3-5,8-9H,6-7H2,1-2H3,(H,16,17). The summed E-state index contributed by atoms with van der Waals surface area (Å²) in [4.78, 5) is 13.3. The Labute approximate surface area is 106 Å².